The Balaban J connectivity index is 2.40. The number of hydrogen-bond acceptors (Lipinski definition) is 2. The molecule has 1 aliphatic carbocycles. The molecule has 0 N–H and O–H groups in total. The van der Waals surface area contributed by atoms with Gasteiger partial charge in [0.25, 0.3) is 0 Å². The van der Waals surface area contributed by atoms with E-state index in [2.05, 4.69) is 46.8 Å². The average molecular weight is 306 g/mol. The van der Waals surface area contributed by atoms with Crippen molar-refractivity contribution in [1.82, 2.24) is 0 Å². The highest BCUT2D eigenvalue weighted by Crippen LogP contribution is 2.30. The fourth-order valence-corrected chi connectivity index (χ4v) is 2.57. The smallest absolute Gasteiger partial charge is 0.0900 e. The Kier molecular flexibility index (Phi) is 7.95. The standard InChI is InChI=1S/C20H34O2/c1-16(2)8-7-9-18-10-11-19(17(3)14-18)15-22-13-12-20(4,5)21-6/h8,14-15,17H,7,9-13H2,1-6H3/b19-15-. The van der Waals surface area contributed by atoms with Crippen LogP contribution >= 0.6 is 0 Å². The molecule has 126 valence electrons. The van der Waals surface area contributed by atoms with Gasteiger partial charge in [-0.1, -0.05) is 30.2 Å². The summed E-state index contributed by atoms with van der Waals surface area (Å²) < 4.78 is 11.2. The molecule has 0 saturated carbocycles. The van der Waals surface area contributed by atoms with Crippen LogP contribution in [0.15, 0.2) is 35.1 Å². The minimum atomic E-state index is -0.102. The molecule has 0 bridgehead atoms. The predicted molar refractivity (Wildman–Crippen MR) is 94.9 cm³/mol. The second-order valence-corrected chi connectivity index (χ2v) is 7.21. The summed E-state index contributed by atoms with van der Waals surface area (Å²) in [5.74, 6) is 0.505. The largest absolute Gasteiger partial charge is 0.501 e. The molecule has 2 heteroatoms. The predicted octanol–water partition coefficient (Wildman–Crippen LogP) is 5.80. The van der Waals surface area contributed by atoms with Crippen molar-refractivity contribution in [3.05, 3.63) is 35.1 Å². The molecule has 0 fully saturated rings. The minimum absolute atomic E-state index is 0.102. The van der Waals surface area contributed by atoms with Crippen molar-refractivity contribution in [2.24, 2.45) is 5.92 Å². The molecule has 0 heterocycles. The van der Waals surface area contributed by atoms with Crippen molar-refractivity contribution in [2.45, 2.75) is 72.3 Å². The van der Waals surface area contributed by atoms with E-state index in [1.54, 1.807) is 12.7 Å². The lowest BCUT2D eigenvalue weighted by molar-refractivity contribution is 0.000862. The first-order valence-corrected chi connectivity index (χ1v) is 8.52. The van der Waals surface area contributed by atoms with Gasteiger partial charge in [-0.3, -0.25) is 0 Å². The summed E-state index contributed by atoms with van der Waals surface area (Å²) in [5.41, 5.74) is 4.33. The van der Waals surface area contributed by atoms with Gasteiger partial charge in [-0.25, -0.2) is 0 Å². The number of allylic oxidation sites excluding steroid dienone is 5. The zero-order valence-corrected chi connectivity index (χ0v) is 15.4. The molecule has 0 amide bonds. The third kappa shape index (κ3) is 7.31. The van der Waals surface area contributed by atoms with E-state index in [9.17, 15) is 0 Å². The van der Waals surface area contributed by atoms with Gasteiger partial charge < -0.3 is 9.47 Å². The maximum Gasteiger partial charge on any atom is 0.0900 e. The Morgan fingerprint density at radius 2 is 2.05 bits per heavy atom. The number of rotatable bonds is 8. The quantitative estimate of drug-likeness (QED) is 0.320. The molecule has 0 saturated heterocycles. The van der Waals surface area contributed by atoms with Crippen LogP contribution in [0.5, 0.6) is 0 Å². The molecule has 0 aromatic heterocycles. The first-order chi connectivity index (χ1) is 10.3. The van der Waals surface area contributed by atoms with Crippen LogP contribution in [0.3, 0.4) is 0 Å². The fourth-order valence-electron chi connectivity index (χ4n) is 2.57. The van der Waals surface area contributed by atoms with E-state index >= 15 is 0 Å². The van der Waals surface area contributed by atoms with E-state index in [0.717, 1.165) is 12.8 Å². The summed E-state index contributed by atoms with van der Waals surface area (Å²) in [5, 5.41) is 0. The van der Waals surface area contributed by atoms with Gasteiger partial charge in [0, 0.05) is 13.5 Å². The van der Waals surface area contributed by atoms with E-state index in [1.807, 2.05) is 6.26 Å². The Morgan fingerprint density at radius 1 is 1.32 bits per heavy atom. The topological polar surface area (TPSA) is 18.5 Å². The summed E-state index contributed by atoms with van der Waals surface area (Å²) in [6, 6.07) is 0. The zero-order chi connectivity index (χ0) is 16.6. The summed E-state index contributed by atoms with van der Waals surface area (Å²) in [6.45, 7) is 11.5. The number of methoxy groups -OCH3 is 1. The SMILES string of the molecule is COC(C)(C)CCO/C=C1/CCC(CCC=C(C)C)=CC1C. The highest BCUT2D eigenvalue weighted by Gasteiger charge is 2.17. The van der Waals surface area contributed by atoms with Gasteiger partial charge in [0.15, 0.2) is 0 Å². The minimum Gasteiger partial charge on any atom is -0.501 e. The van der Waals surface area contributed by atoms with E-state index in [0.29, 0.717) is 12.5 Å². The first-order valence-electron chi connectivity index (χ1n) is 8.52. The second kappa shape index (κ2) is 9.19. The molecule has 1 atom stereocenters. The second-order valence-electron chi connectivity index (χ2n) is 7.21. The van der Waals surface area contributed by atoms with Crippen LogP contribution in [0.1, 0.15) is 66.7 Å². The van der Waals surface area contributed by atoms with Crippen molar-refractivity contribution >= 4 is 0 Å². The van der Waals surface area contributed by atoms with E-state index in [1.165, 1.54) is 30.4 Å². The fraction of sp³-hybridized carbons (Fsp3) is 0.700. The number of ether oxygens (including phenoxy) is 2. The van der Waals surface area contributed by atoms with Gasteiger partial charge >= 0.3 is 0 Å². The average Bonchev–Trinajstić information content (AvgIpc) is 2.45. The monoisotopic (exact) mass is 306 g/mol. The molecule has 0 radical (unpaired) electrons. The van der Waals surface area contributed by atoms with Crippen molar-refractivity contribution in [3.8, 4) is 0 Å². The molecule has 1 rings (SSSR count). The van der Waals surface area contributed by atoms with Crippen molar-refractivity contribution < 1.29 is 9.47 Å². The van der Waals surface area contributed by atoms with Crippen LogP contribution < -0.4 is 0 Å². The first kappa shape index (κ1) is 19.0. The molecule has 2 nitrogen and oxygen atoms in total. The third-order valence-corrected chi connectivity index (χ3v) is 4.43. The molecular weight excluding hydrogens is 272 g/mol. The van der Waals surface area contributed by atoms with Crippen LogP contribution in [0.2, 0.25) is 0 Å². The normalized spacial score (nSPS) is 20.7. The van der Waals surface area contributed by atoms with E-state index in [4.69, 9.17) is 9.47 Å². The molecule has 0 spiro atoms. The van der Waals surface area contributed by atoms with E-state index in [-0.39, 0.29) is 5.60 Å². The highest BCUT2D eigenvalue weighted by atomic mass is 16.5. The van der Waals surface area contributed by atoms with Gasteiger partial charge in [-0.2, -0.15) is 0 Å². The molecular formula is C20H34O2. The maximum atomic E-state index is 5.75. The van der Waals surface area contributed by atoms with Crippen LogP contribution in [-0.4, -0.2) is 19.3 Å². The summed E-state index contributed by atoms with van der Waals surface area (Å²) >= 11 is 0. The van der Waals surface area contributed by atoms with Crippen LogP contribution in [-0.2, 0) is 9.47 Å². The van der Waals surface area contributed by atoms with Gasteiger partial charge in [0.2, 0.25) is 0 Å². The molecule has 0 aliphatic heterocycles. The Morgan fingerprint density at radius 3 is 2.64 bits per heavy atom. The summed E-state index contributed by atoms with van der Waals surface area (Å²) in [4.78, 5) is 0. The van der Waals surface area contributed by atoms with Gasteiger partial charge in [0.05, 0.1) is 18.5 Å². The van der Waals surface area contributed by atoms with Gasteiger partial charge in [-0.15, -0.1) is 0 Å². The third-order valence-electron chi connectivity index (χ3n) is 4.43. The van der Waals surface area contributed by atoms with Crippen molar-refractivity contribution in [2.75, 3.05) is 13.7 Å². The lowest BCUT2D eigenvalue weighted by atomic mass is 9.86. The van der Waals surface area contributed by atoms with Gasteiger partial charge in [0.1, 0.15) is 0 Å². The Hall–Kier alpha value is -1.02. The van der Waals surface area contributed by atoms with E-state index < -0.39 is 0 Å². The van der Waals surface area contributed by atoms with Crippen molar-refractivity contribution in [1.29, 1.82) is 0 Å². The van der Waals surface area contributed by atoms with Crippen LogP contribution in [0.4, 0.5) is 0 Å². The van der Waals surface area contributed by atoms with Crippen LogP contribution in [0, 0.1) is 5.92 Å². The summed E-state index contributed by atoms with van der Waals surface area (Å²) in [7, 11) is 1.75. The molecule has 0 aromatic carbocycles. The lowest BCUT2D eigenvalue weighted by Gasteiger charge is -2.23. The van der Waals surface area contributed by atoms with Crippen molar-refractivity contribution in [3.63, 3.8) is 0 Å². The zero-order valence-electron chi connectivity index (χ0n) is 15.4. The van der Waals surface area contributed by atoms with Gasteiger partial charge in [-0.05, 0) is 64.9 Å². The highest BCUT2D eigenvalue weighted by molar-refractivity contribution is 5.22. The lowest BCUT2D eigenvalue weighted by Crippen LogP contribution is -2.24. The molecule has 1 aliphatic rings. The maximum absolute atomic E-state index is 5.75. The molecule has 22 heavy (non-hydrogen) atoms. The molecule has 0 aromatic rings. The number of hydrogen-bond donors (Lipinski definition) is 0. The summed E-state index contributed by atoms with van der Waals surface area (Å²) in [6.07, 6.45) is 12.3. The molecule has 1 unspecified atom stereocenters. The Labute approximate surface area is 137 Å². The Bertz CT molecular complexity index is 423. The van der Waals surface area contributed by atoms with Crippen LogP contribution in [0.25, 0.3) is 0 Å².